The number of phosphoric acid groups is 1. The Kier molecular flexibility index (Phi) is 5.28. The minimum atomic E-state index is -4.77. The summed E-state index contributed by atoms with van der Waals surface area (Å²) < 4.78 is 16.6. The first kappa shape index (κ1) is 18.8. The summed E-state index contributed by atoms with van der Waals surface area (Å²) in [5.41, 5.74) is 6.35. The number of benzene rings is 3. The van der Waals surface area contributed by atoms with Crippen molar-refractivity contribution in [3.8, 4) is 0 Å². The summed E-state index contributed by atoms with van der Waals surface area (Å²) in [5.74, 6) is -0.0853. The fraction of sp³-hybridized carbons (Fsp3) is 0.200. The fourth-order valence-electron chi connectivity index (χ4n) is 3.39. The number of nitrogens with two attached hydrogens (primary N) is 1. The summed E-state index contributed by atoms with van der Waals surface area (Å²) in [5, 5.41) is 2.20. The fourth-order valence-corrected chi connectivity index (χ4v) is 3.99. The van der Waals surface area contributed by atoms with Crippen molar-refractivity contribution in [2.24, 2.45) is 5.73 Å². The third kappa shape index (κ3) is 4.21. The number of fused-ring (bicyclic) bond motifs is 1. The second kappa shape index (κ2) is 7.31. The lowest BCUT2D eigenvalue weighted by Crippen LogP contribution is -2.40. The Bertz CT molecular complexity index is 935. The summed E-state index contributed by atoms with van der Waals surface area (Å²) in [6, 6.07) is 22.8. The second-order valence-electron chi connectivity index (χ2n) is 6.51. The molecule has 0 spiro atoms. The third-order valence-corrected chi connectivity index (χ3v) is 5.07. The highest BCUT2D eigenvalue weighted by atomic mass is 31.2. The van der Waals surface area contributed by atoms with E-state index >= 15 is 0 Å². The molecule has 3 rings (SSSR count). The van der Waals surface area contributed by atoms with Gasteiger partial charge in [0.05, 0.1) is 0 Å². The summed E-state index contributed by atoms with van der Waals surface area (Å²) in [7, 11) is -4.77. The Balaban J connectivity index is 1.99. The van der Waals surface area contributed by atoms with Crippen molar-refractivity contribution in [2.75, 3.05) is 0 Å². The van der Waals surface area contributed by atoms with Crippen LogP contribution in [0.25, 0.3) is 10.8 Å². The molecule has 0 amide bonds. The average molecular weight is 371 g/mol. The normalized spacial score (nSPS) is 15.5. The molecule has 0 saturated carbocycles. The molecule has 0 aliphatic heterocycles. The molecule has 0 aromatic heterocycles. The zero-order chi connectivity index (χ0) is 18.8. The monoisotopic (exact) mass is 371 g/mol. The van der Waals surface area contributed by atoms with Crippen LogP contribution in [0.15, 0.2) is 72.8 Å². The van der Waals surface area contributed by atoms with Crippen LogP contribution in [0.3, 0.4) is 0 Å². The van der Waals surface area contributed by atoms with Gasteiger partial charge in [0.1, 0.15) is 0 Å². The first-order chi connectivity index (χ1) is 12.3. The van der Waals surface area contributed by atoms with Crippen molar-refractivity contribution < 1.29 is 18.9 Å². The number of phosphoric ester groups is 1. The van der Waals surface area contributed by atoms with E-state index in [-0.39, 0.29) is 12.3 Å². The molecule has 2 unspecified atom stereocenters. The lowest BCUT2D eigenvalue weighted by molar-refractivity contribution is 0.0233. The zero-order valence-electron chi connectivity index (χ0n) is 14.4. The Morgan fingerprint density at radius 3 is 2.31 bits per heavy atom. The zero-order valence-corrected chi connectivity index (χ0v) is 15.3. The van der Waals surface area contributed by atoms with Crippen molar-refractivity contribution in [1.29, 1.82) is 0 Å². The Hall–Kier alpha value is -2.01. The molecule has 0 aliphatic carbocycles. The quantitative estimate of drug-likeness (QED) is 0.445. The average Bonchev–Trinajstić information content (AvgIpc) is 2.60. The topological polar surface area (TPSA) is 92.8 Å². The van der Waals surface area contributed by atoms with E-state index in [0.717, 1.165) is 16.3 Å². The van der Waals surface area contributed by atoms with Crippen LogP contribution in [0.2, 0.25) is 0 Å². The van der Waals surface area contributed by atoms with Crippen molar-refractivity contribution in [2.45, 2.75) is 25.0 Å². The van der Waals surface area contributed by atoms with Crippen molar-refractivity contribution >= 4 is 18.6 Å². The van der Waals surface area contributed by atoms with Crippen LogP contribution in [0.4, 0.5) is 0 Å². The van der Waals surface area contributed by atoms with Gasteiger partial charge in [-0.15, -0.1) is 0 Å². The van der Waals surface area contributed by atoms with Gasteiger partial charge in [-0.05, 0) is 27.8 Å². The molecular weight excluding hydrogens is 349 g/mol. The largest absolute Gasteiger partial charge is 0.471 e. The van der Waals surface area contributed by atoms with Crippen LogP contribution in [-0.2, 0) is 14.8 Å². The molecule has 0 aliphatic rings. The van der Waals surface area contributed by atoms with Gasteiger partial charge in [0.2, 0.25) is 0 Å². The molecule has 6 heteroatoms. The Morgan fingerprint density at radius 1 is 1.00 bits per heavy atom. The lowest BCUT2D eigenvalue weighted by atomic mass is 9.86. The minimum Gasteiger partial charge on any atom is -0.303 e. The van der Waals surface area contributed by atoms with Crippen LogP contribution in [0.5, 0.6) is 0 Å². The maximum absolute atomic E-state index is 11.5. The predicted molar refractivity (Wildman–Crippen MR) is 102 cm³/mol. The van der Waals surface area contributed by atoms with Gasteiger partial charge in [-0.2, -0.15) is 0 Å². The highest BCUT2D eigenvalue weighted by Gasteiger charge is 2.37. The maximum atomic E-state index is 11.5. The highest BCUT2D eigenvalue weighted by molar-refractivity contribution is 7.46. The lowest BCUT2D eigenvalue weighted by Gasteiger charge is -2.33. The summed E-state index contributed by atoms with van der Waals surface area (Å²) in [4.78, 5) is 18.8. The van der Waals surface area contributed by atoms with Gasteiger partial charge in [0, 0.05) is 6.42 Å². The van der Waals surface area contributed by atoms with Crippen molar-refractivity contribution in [3.05, 3.63) is 83.9 Å². The molecule has 0 radical (unpaired) electrons. The van der Waals surface area contributed by atoms with Gasteiger partial charge < -0.3 is 9.79 Å². The first-order valence-corrected chi connectivity index (χ1v) is 9.90. The van der Waals surface area contributed by atoms with Gasteiger partial charge in [-0.1, -0.05) is 79.7 Å². The number of rotatable bonds is 6. The standard InChI is InChI=1S/C20H22NO4P/c1-15(18-13-7-9-16-8-5-6-12-19(16)18)14-20(21,25-26(22,23)24)17-10-3-2-4-11-17/h2-13,15H,14,21H2,1H3,(H2,22,23,24). The van der Waals surface area contributed by atoms with Gasteiger partial charge in [0.25, 0.3) is 0 Å². The highest BCUT2D eigenvalue weighted by Crippen LogP contribution is 2.47. The van der Waals surface area contributed by atoms with Gasteiger partial charge >= 0.3 is 7.82 Å². The van der Waals surface area contributed by atoms with E-state index in [1.807, 2.05) is 55.5 Å². The minimum absolute atomic E-state index is 0.0853. The van der Waals surface area contributed by atoms with E-state index in [1.165, 1.54) is 0 Å². The van der Waals surface area contributed by atoms with Crippen molar-refractivity contribution in [1.82, 2.24) is 0 Å². The molecule has 3 aromatic carbocycles. The third-order valence-electron chi connectivity index (χ3n) is 4.51. The molecule has 2 atom stereocenters. The van der Waals surface area contributed by atoms with Crippen LogP contribution >= 0.6 is 7.82 Å². The number of hydrogen-bond acceptors (Lipinski definition) is 3. The molecule has 0 fully saturated rings. The van der Waals surface area contributed by atoms with E-state index in [1.54, 1.807) is 24.3 Å². The van der Waals surface area contributed by atoms with Crippen LogP contribution in [0.1, 0.15) is 30.4 Å². The van der Waals surface area contributed by atoms with Crippen molar-refractivity contribution in [3.63, 3.8) is 0 Å². The van der Waals surface area contributed by atoms with Gasteiger partial charge in [-0.3, -0.25) is 10.3 Å². The molecular formula is C20H22NO4P. The van der Waals surface area contributed by atoms with E-state index in [4.69, 9.17) is 10.3 Å². The molecule has 3 aromatic rings. The molecule has 0 saturated heterocycles. The van der Waals surface area contributed by atoms with E-state index in [9.17, 15) is 14.4 Å². The smallest absolute Gasteiger partial charge is 0.303 e. The summed E-state index contributed by atoms with van der Waals surface area (Å²) >= 11 is 0. The van der Waals surface area contributed by atoms with Crippen LogP contribution in [0, 0.1) is 0 Å². The summed E-state index contributed by atoms with van der Waals surface area (Å²) in [6.07, 6.45) is 0.218. The van der Waals surface area contributed by atoms with Crippen LogP contribution < -0.4 is 5.73 Å². The SMILES string of the molecule is CC(CC(N)(OP(=O)(O)O)c1ccccc1)c1cccc2ccccc12. The molecule has 5 nitrogen and oxygen atoms in total. The Morgan fingerprint density at radius 2 is 1.62 bits per heavy atom. The molecule has 136 valence electrons. The first-order valence-electron chi connectivity index (χ1n) is 8.37. The second-order valence-corrected chi connectivity index (χ2v) is 7.67. The van der Waals surface area contributed by atoms with Gasteiger partial charge in [0.15, 0.2) is 5.72 Å². The predicted octanol–water partition coefficient (Wildman–Crippen LogP) is 4.25. The molecule has 26 heavy (non-hydrogen) atoms. The number of hydrogen-bond donors (Lipinski definition) is 3. The van der Waals surface area contributed by atoms with Gasteiger partial charge in [-0.25, -0.2) is 4.57 Å². The maximum Gasteiger partial charge on any atom is 0.471 e. The molecule has 0 bridgehead atoms. The Labute approximate surface area is 152 Å². The van der Waals surface area contributed by atoms with E-state index in [0.29, 0.717) is 5.56 Å². The molecule has 0 heterocycles. The van der Waals surface area contributed by atoms with E-state index < -0.39 is 13.5 Å². The van der Waals surface area contributed by atoms with Crippen LogP contribution in [-0.4, -0.2) is 9.79 Å². The summed E-state index contributed by atoms with van der Waals surface area (Å²) in [6.45, 7) is 1.98. The molecule has 4 N–H and O–H groups in total. The van der Waals surface area contributed by atoms with E-state index in [2.05, 4.69) is 0 Å².